The van der Waals surface area contributed by atoms with Gasteiger partial charge in [-0.2, -0.15) is 0 Å². The fraction of sp³-hybridized carbons (Fsp3) is 0.182. The van der Waals surface area contributed by atoms with Crippen molar-refractivity contribution in [3.63, 3.8) is 0 Å². The van der Waals surface area contributed by atoms with Gasteiger partial charge in [0.15, 0.2) is 5.78 Å². The zero-order valence-electron chi connectivity index (χ0n) is 9.05. The van der Waals surface area contributed by atoms with Crippen molar-refractivity contribution >= 4 is 27.8 Å². The topological polar surface area (TPSA) is 69.4 Å². The van der Waals surface area contributed by atoms with Gasteiger partial charge in [0.2, 0.25) is 6.20 Å². The highest BCUT2D eigenvalue weighted by molar-refractivity contribution is 9.10. The first-order chi connectivity index (χ1) is 7.99. The van der Waals surface area contributed by atoms with Crippen molar-refractivity contribution in [3.8, 4) is 5.75 Å². The molecule has 0 aliphatic rings. The second-order valence-corrected chi connectivity index (χ2v) is 4.19. The van der Waals surface area contributed by atoms with Gasteiger partial charge in [-0.3, -0.25) is 14.9 Å². The fourth-order valence-electron chi connectivity index (χ4n) is 1.10. The van der Waals surface area contributed by atoms with Crippen LogP contribution in [-0.4, -0.2) is 17.3 Å². The van der Waals surface area contributed by atoms with Crippen molar-refractivity contribution in [1.29, 1.82) is 0 Å². The van der Waals surface area contributed by atoms with Crippen LogP contribution in [0.4, 0.5) is 0 Å². The number of carbonyl (C=O) groups excluding carboxylic acids is 1. The molecular formula is C11H10BrNO4. The van der Waals surface area contributed by atoms with Crippen LogP contribution in [0.25, 0.3) is 6.08 Å². The highest BCUT2D eigenvalue weighted by Crippen LogP contribution is 2.24. The summed E-state index contributed by atoms with van der Waals surface area (Å²) in [7, 11) is 0. The Balaban J connectivity index is 2.95. The van der Waals surface area contributed by atoms with Crippen LogP contribution in [-0.2, 0) is 4.79 Å². The largest absolute Gasteiger partial charge is 0.485 e. The van der Waals surface area contributed by atoms with Crippen molar-refractivity contribution in [1.82, 2.24) is 0 Å². The molecule has 0 N–H and O–H groups in total. The van der Waals surface area contributed by atoms with Crippen molar-refractivity contribution in [2.75, 3.05) is 6.61 Å². The van der Waals surface area contributed by atoms with Gasteiger partial charge in [0.1, 0.15) is 12.4 Å². The third-order valence-electron chi connectivity index (χ3n) is 1.78. The predicted octanol–water partition coefficient (Wildman–Crippen LogP) is 2.66. The van der Waals surface area contributed by atoms with Crippen LogP contribution in [0.1, 0.15) is 12.5 Å². The lowest BCUT2D eigenvalue weighted by Gasteiger charge is -2.07. The molecule has 0 bridgehead atoms. The minimum atomic E-state index is -0.560. The lowest BCUT2D eigenvalue weighted by molar-refractivity contribution is -0.400. The molecule has 0 atom stereocenters. The Morgan fingerprint density at radius 3 is 2.88 bits per heavy atom. The summed E-state index contributed by atoms with van der Waals surface area (Å²) in [5.41, 5.74) is 0.539. The molecule has 0 amide bonds. The summed E-state index contributed by atoms with van der Waals surface area (Å²) in [5, 5.41) is 10.2. The van der Waals surface area contributed by atoms with E-state index in [1.54, 1.807) is 18.2 Å². The van der Waals surface area contributed by atoms with Crippen LogP contribution in [0.3, 0.4) is 0 Å². The molecule has 0 heterocycles. The van der Waals surface area contributed by atoms with Gasteiger partial charge in [-0.15, -0.1) is 0 Å². The zero-order valence-corrected chi connectivity index (χ0v) is 10.6. The summed E-state index contributed by atoms with van der Waals surface area (Å²) in [6.07, 6.45) is 2.14. The normalized spacial score (nSPS) is 10.5. The molecule has 0 radical (unpaired) electrons. The van der Waals surface area contributed by atoms with Crippen LogP contribution in [0.2, 0.25) is 0 Å². The number of ether oxygens (including phenoxy) is 1. The zero-order chi connectivity index (χ0) is 12.8. The molecule has 6 heteroatoms. The Morgan fingerprint density at radius 2 is 2.29 bits per heavy atom. The van der Waals surface area contributed by atoms with Crippen LogP contribution >= 0.6 is 15.9 Å². The van der Waals surface area contributed by atoms with Gasteiger partial charge in [0.05, 0.1) is 4.92 Å². The number of benzene rings is 1. The number of Topliss-reactive ketones (excluding diaryl/α,β-unsaturated/α-hetero) is 1. The quantitative estimate of drug-likeness (QED) is 0.619. The molecule has 1 aromatic carbocycles. The maximum atomic E-state index is 10.8. The number of hydrogen-bond donors (Lipinski definition) is 0. The molecule has 17 heavy (non-hydrogen) atoms. The van der Waals surface area contributed by atoms with Gasteiger partial charge in [-0.25, -0.2) is 0 Å². The molecule has 0 saturated carbocycles. The third-order valence-corrected chi connectivity index (χ3v) is 2.27. The Bertz CT molecular complexity index is 471. The molecule has 0 aliphatic carbocycles. The molecule has 1 aromatic rings. The van der Waals surface area contributed by atoms with E-state index < -0.39 is 4.92 Å². The van der Waals surface area contributed by atoms with Crippen LogP contribution in [0.15, 0.2) is 28.9 Å². The van der Waals surface area contributed by atoms with E-state index in [-0.39, 0.29) is 12.4 Å². The average Bonchev–Trinajstić information content (AvgIpc) is 2.24. The van der Waals surface area contributed by atoms with Gasteiger partial charge in [-0.05, 0) is 25.1 Å². The second-order valence-electron chi connectivity index (χ2n) is 3.27. The van der Waals surface area contributed by atoms with Gasteiger partial charge in [0.25, 0.3) is 0 Å². The van der Waals surface area contributed by atoms with Crippen LogP contribution in [0, 0.1) is 10.1 Å². The number of hydrogen-bond acceptors (Lipinski definition) is 4. The number of nitro groups is 1. The monoisotopic (exact) mass is 299 g/mol. The number of rotatable bonds is 5. The minimum Gasteiger partial charge on any atom is -0.485 e. The van der Waals surface area contributed by atoms with Crippen molar-refractivity contribution in [3.05, 3.63) is 44.5 Å². The number of nitrogens with zero attached hydrogens (tertiary/aromatic N) is 1. The molecule has 1 rings (SSSR count). The van der Waals surface area contributed by atoms with E-state index in [0.29, 0.717) is 11.3 Å². The van der Waals surface area contributed by atoms with Crippen molar-refractivity contribution in [2.24, 2.45) is 0 Å². The summed E-state index contributed by atoms with van der Waals surface area (Å²) < 4.78 is 6.02. The van der Waals surface area contributed by atoms with E-state index in [1.165, 1.54) is 13.0 Å². The molecule has 90 valence electrons. The van der Waals surface area contributed by atoms with Gasteiger partial charge < -0.3 is 4.74 Å². The van der Waals surface area contributed by atoms with Gasteiger partial charge in [0, 0.05) is 16.1 Å². The highest BCUT2D eigenvalue weighted by Gasteiger charge is 2.04. The van der Waals surface area contributed by atoms with E-state index in [4.69, 9.17) is 4.74 Å². The van der Waals surface area contributed by atoms with E-state index in [9.17, 15) is 14.9 Å². The molecule has 0 aliphatic heterocycles. The summed E-state index contributed by atoms with van der Waals surface area (Å²) in [4.78, 5) is 20.5. The number of ketones is 1. The van der Waals surface area contributed by atoms with Crippen LogP contribution in [0.5, 0.6) is 5.75 Å². The maximum Gasteiger partial charge on any atom is 0.235 e. The molecule has 0 saturated heterocycles. The van der Waals surface area contributed by atoms with Gasteiger partial charge >= 0.3 is 0 Å². The summed E-state index contributed by atoms with van der Waals surface area (Å²) in [6.45, 7) is 1.35. The molecule has 5 nitrogen and oxygen atoms in total. The molecule has 0 unspecified atom stereocenters. The Kier molecular flexibility index (Phi) is 4.84. The maximum absolute atomic E-state index is 10.8. The Morgan fingerprint density at radius 1 is 1.59 bits per heavy atom. The first kappa shape index (κ1) is 13.4. The predicted molar refractivity (Wildman–Crippen MR) is 66.3 cm³/mol. The fourth-order valence-corrected chi connectivity index (χ4v) is 1.48. The van der Waals surface area contributed by atoms with Gasteiger partial charge in [-0.1, -0.05) is 15.9 Å². The smallest absolute Gasteiger partial charge is 0.235 e. The van der Waals surface area contributed by atoms with E-state index >= 15 is 0 Å². The molecule has 0 spiro atoms. The molecular weight excluding hydrogens is 290 g/mol. The lowest BCUT2D eigenvalue weighted by Crippen LogP contribution is -2.07. The number of carbonyl (C=O) groups is 1. The first-order valence-corrected chi connectivity index (χ1v) is 5.52. The molecule has 0 aromatic heterocycles. The molecule has 0 fully saturated rings. The summed E-state index contributed by atoms with van der Waals surface area (Å²) in [5.74, 6) is 0.318. The lowest BCUT2D eigenvalue weighted by atomic mass is 10.2. The Hall–Kier alpha value is -1.69. The third kappa shape index (κ3) is 4.78. The average molecular weight is 300 g/mol. The number of halogens is 1. The standard InChI is InChI=1S/C11H10BrNO4/c1-8(14)7-17-11-3-2-10(12)6-9(11)4-5-13(15)16/h2-6H,7H2,1H3/b5-4+. The van der Waals surface area contributed by atoms with Crippen molar-refractivity contribution in [2.45, 2.75) is 6.92 Å². The SMILES string of the molecule is CC(=O)COc1ccc(Br)cc1/C=C/[N+](=O)[O-]. The van der Waals surface area contributed by atoms with E-state index in [1.807, 2.05) is 0 Å². The minimum absolute atomic E-state index is 0.0546. The van der Waals surface area contributed by atoms with Crippen molar-refractivity contribution < 1.29 is 14.5 Å². The van der Waals surface area contributed by atoms with E-state index in [2.05, 4.69) is 15.9 Å². The first-order valence-electron chi connectivity index (χ1n) is 4.72. The summed E-state index contributed by atoms with van der Waals surface area (Å²) >= 11 is 3.26. The van der Waals surface area contributed by atoms with Crippen LogP contribution < -0.4 is 4.74 Å². The highest BCUT2D eigenvalue weighted by atomic mass is 79.9. The second kappa shape index (κ2) is 6.15. The Labute approximate surface area is 106 Å². The van der Waals surface area contributed by atoms with E-state index in [0.717, 1.165) is 10.7 Å². The summed E-state index contributed by atoms with van der Waals surface area (Å²) in [6, 6.07) is 5.06.